The molecular formula is C26H26N2O2S2. The molecule has 0 radical (unpaired) electrons. The molecule has 5 rings (SSSR count). The molecule has 0 saturated heterocycles. The van der Waals surface area contributed by atoms with Gasteiger partial charge >= 0.3 is 0 Å². The van der Waals surface area contributed by atoms with Crippen molar-refractivity contribution >= 4 is 33.3 Å². The molecular weight excluding hydrogens is 436 g/mol. The molecule has 0 unspecified atom stereocenters. The SMILES string of the molecule is Cc1cccc(-n2c(SCc3ccccc3)nc3sc4c(c3c2=O)C[C@@H](C(C)C)OC4)c1. The number of fused-ring (bicyclic) bond motifs is 3. The third-order valence-corrected chi connectivity index (χ3v) is 8.03. The van der Waals surface area contributed by atoms with Gasteiger partial charge < -0.3 is 4.74 Å². The third-order valence-electron chi connectivity index (χ3n) is 5.93. The molecule has 0 N–H and O–H groups in total. The zero-order valence-electron chi connectivity index (χ0n) is 18.5. The minimum absolute atomic E-state index is 0.0260. The molecule has 0 saturated carbocycles. The van der Waals surface area contributed by atoms with Crippen molar-refractivity contribution in [2.75, 3.05) is 0 Å². The van der Waals surface area contributed by atoms with Crippen LogP contribution in [0.3, 0.4) is 0 Å². The Morgan fingerprint density at radius 3 is 2.75 bits per heavy atom. The van der Waals surface area contributed by atoms with Crippen LogP contribution in [-0.2, 0) is 23.5 Å². The molecule has 0 spiro atoms. The van der Waals surface area contributed by atoms with E-state index < -0.39 is 0 Å². The monoisotopic (exact) mass is 462 g/mol. The molecule has 32 heavy (non-hydrogen) atoms. The summed E-state index contributed by atoms with van der Waals surface area (Å²) in [7, 11) is 0. The fourth-order valence-corrected chi connectivity index (χ4v) is 6.28. The number of aryl methyl sites for hydroxylation is 1. The lowest BCUT2D eigenvalue weighted by atomic mass is 9.96. The number of thioether (sulfide) groups is 1. The maximum atomic E-state index is 14.0. The Bertz CT molecular complexity index is 1330. The van der Waals surface area contributed by atoms with E-state index in [2.05, 4.69) is 32.0 Å². The number of nitrogens with zero attached hydrogens (tertiary/aromatic N) is 2. The first-order valence-corrected chi connectivity index (χ1v) is 12.7. The van der Waals surface area contributed by atoms with Gasteiger partial charge in [-0.3, -0.25) is 9.36 Å². The highest BCUT2D eigenvalue weighted by Gasteiger charge is 2.28. The molecule has 2 aromatic carbocycles. The van der Waals surface area contributed by atoms with Gasteiger partial charge in [-0.1, -0.05) is 68.1 Å². The van der Waals surface area contributed by atoms with E-state index in [0.29, 0.717) is 12.5 Å². The van der Waals surface area contributed by atoms with Crippen LogP contribution in [0.25, 0.3) is 15.9 Å². The van der Waals surface area contributed by atoms with Gasteiger partial charge in [0.15, 0.2) is 5.16 Å². The molecule has 0 bridgehead atoms. The summed E-state index contributed by atoms with van der Waals surface area (Å²) in [5.74, 6) is 1.17. The molecule has 2 aromatic heterocycles. The van der Waals surface area contributed by atoms with Crippen molar-refractivity contribution in [3.8, 4) is 5.69 Å². The molecule has 0 amide bonds. The molecule has 0 aliphatic carbocycles. The first-order chi connectivity index (χ1) is 15.5. The standard InChI is InChI=1S/C26H26N2O2S2/c1-16(2)21-13-20-22(14-30-21)32-24-23(20)25(29)28(19-11-7-8-17(3)12-19)26(27-24)31-15-18-9-5-4-6-10-18/h4-12,16,21H,13-15H2,1-3H3/t21-/m0/s1. The molecule has 3 heterocycles. The van der Waals surface area contributed by atoms with Crippen molar-refractivity contribution in [2.24, 2.45) is 5.92 Å². The topological polar surface area (TPSA) is 44.1 Å². The lowest BCUT2D eigenvalue weighted by Crippen LogP contribution is -2.28. The van der Waals surface area contributed by atoms with Crippen molar-refractivity contribution in [1.29, 1.82) is 0 Å². The minimum atomic E-state index is 0.0260. The highest BCUT2D eigenvalue weighted by molar-refractivity contribution is 7.98. The predicted octanol–water partition coefficient (Wildman–Crippen LogP) is 6.15. The number of hydrogen-bond acceptors (Lipinski definition) is 5. The molecule has 6 heteroatoms. The second kappa shape index (κ2) is 8.85. The van der Waals surface area contributed by atoms with Gasteiger partial charge in [-0.2, -0.15) is 0 Å². The van der Waals surface area contributed by atoms with E-state index in [-0.39, 0.29) is 11.7 Å². The van der Waals surface area contributed by atoms with Crippen molar-refractivity contribution in [3.63, 3.8) is 0 Å². The van der Waals surface area contributed by atoms with Crippen LogP contribution >= 0.6 is 23.1 Å². The number of aromatic nitrogens is 2. The van der Waals surface area contributed by atoms with Gasteiger partial charge in [-0.15, -0.1) is 11.3 Å². The van der Waals surface area contributed by atoms with Gasteiger partial charge in [0.2, 0.25) is 0 Å². The average molecular weight is 463 g/mol. The number of hydrogen-bond donors (Lipinski definition) is 0. The fraction of sp³-hybridized carbons (Fsp3) is 0.308. The van der Waals surface area contributed by atoms with E-state index in [0.717, 1.165) is 49.2 Å². The van der Waals surface area contributed by atoms with Crippen LogP contribution in [0, 0.1) is 12.8 Å². The van der Waals surface area contributed by atoms with Gasteiger partial charge in [0.05, 0.1) is 23.8 Å². The van der Waals surface area contributed by atoms with E-state index in [1.54, 1.807) is 27.7 Å². The normalized spacial score (nSPS) is 15.9. The number of ether oxygens (including phenoxy) is 1. The smallest absolute Gasteiger partial charge is 0.267 e. The molecule has 1 aliphatic rings. The maximum absolute atomic E-state index is 14.0. The molecule has 1 atom stereocenters. The summed E-state index contributed by atoms with van der Waals surface area (Å²) < 4.78 is 7.87. The Morgan fingerprint density at radius 1 is 1.19 bits per heavy atom. The maximum Gasteiger partial charge on any atom is 0.267 e. The van der Waals surface area contributed by atoms with Gasteiger partial charge in [-0.05, 0) is 41.7 Å². The van der Waals surface area contributed by atoms with Crippen LogP contribution in [0.4, 0.5) is 0 Å². The Labute approximate surface area is 196 Å². The lowest BCUT2D eigenvalue weighted by molar-refractivity contribution is 0.00200. The second-order valence-corrected chi connectivity index (χ2v) is 10.7. The van der Waals surface area contributed by atoms with E-state index in [1.165, 1.54) is 5.56 Å². The lowest BCUT2D eigenvalue weighted by Gasteiger charge is -2.26. The Kier molecular flexibility index (Phi) is 5.93. The number of rotatable bonds is 5. The highest BCUT2D eigenvalue weighted by Crippen LogP contribution is 2.36. The van der Waals surface area contributed by atoms with Crippen molar-refractivity contribution in [1.82, 2.24) is 9.55 Å². The van der Waals surface area contributed by atoms with Crippen molar-refractivity contribution in [2.45, 2.75) is 50.8 Å². The second-order valence-electron chi connectivity index (χ2n) is 8.63. The molecule has 4 aromatic rings. The summed E-state index contributed by atoms with van der Waals surface area (Å²) in [6, 6.07) is 18.4. The Hall–Kier alpha value is -2.41. The van der Waals surface area contributed by atoms with E-state index >= 15 is 0 Å². The third kappa shape index (κ3) is 4.03. The van der Waals surface area contributed by atoms with Gasteiger partial charge in [0.25, 0.3) is 5.56 Å². The van der Waals surface area contributed by atoms with Crippen LogP contribution < -0.4 is 5.56 Å². The van der Waals surface area contributed by atoms with Gasteiger partial charge in [0.1, 0.15) is 4.83 Å². The van der Waals surface area contributed by atoms with Crippen molar-refractivity contribution in [3.05, 3.63) is 86.5 Å². The predicted molar refractivity (Wildman–Crippen MR) is 133 cm³/mol. The summed E-state index contributed by atoms with van der Waals surface area (Å²) in [5, 5.41) is 1.50. The van der Waals surface area contributed by atoms with Crippen LogP contribution in [-0.4, -0.2) is 15.7 Å². The molecule has 4 nitrogen and oxygen atoms in total. The molecule has 0 fully saturated rings. The summed E-state index contributed by atoms with van der Waals surface area (Å²) in [4.78, 5) is 20.9. The van der Waals surface area contributed by atoms with E-state index in [4.69, 9.17) is 9.72 Å². The molecule has 164 valence electrons. The van der Waals surface area contributed by atoms with E-state index in [9.17, 15) is 4.79 Å². The Balaban J connectivity index is 1.67. The van der Waals surface area contributed by atoms with Gasteiger partial charge in [0, 0.05) is 17.1 Å². The number of thiophene rings is 1. The zero-order valence-corrected chi connectivity index (χ0v) is 20.1. The minimum Gasteiger partial charge on any atom is -0.372 e. The van der Waals surface area contributed by atoms with Gasteiger partial charge in [-0.25, -0.2) is 4.98 Å². The zero-order chi connectivity index (χ0) is 22.2. The fourth-order valence-electron chi connectivity index (χ4n) is 4.15. The highest BCUT2D eigenvalue weighted by atomic mass is 32.2. The van der Waals surface area contributed by atoms with Crippen LogP contribution in [0.2, 0.25) is 0 Å². The quantitative estimate of drug-likeness (QED) is 0.264. The van der Waals surface area contributed by atoms with E-state index in [1.807, 2.05) is 43.3 Å². The summed E-state index contributed by atoms with van der Waals surface area (Å²) >= 11 is 3.22. The summed E-state index contributed by atoms with van der Waals surface area (Å²) in [6.45, 7) is 6.96. The summed E-state index contributed by atoms with van der Waals surface area (Å²) in [5.41, 5.74) is 4.36. The first kappa shape index (κ1) is 21.4. The van der Waals surface area contributed by atoms with Crippen LogP contribution in [0.5, 0.6) is 0 Å². The number of benzene rings is 2. The Morgan fingerprint density at radius 2 is 2.00 bits per heavy atom. The first-order valence-electron chi connectivity index (χ1n) is 10.9. The van der Waals surface area contributed by atoms with Crippen LogP contribution in [0.1, 0.15) is 35.4 Å². The summed E-state index contributed by atoms with van der Waals surface area (Å²) in [6.07, 6.45) is 0.910. The largest absolute Gasteiger partial charge is 0.372 e. The molecule has 1 aliphatic heterocycles. The van der Waals surface area contributed by atoms with Crippen molar-refractivity contribution < 1.29 is 4.74 Å². The average Bonchev–Trinajstić information content (AvgIpc) is 3.16. The van der Waals surface area contributed by atoms with Crippen LogP contribution in [0.15, 0.2) is 64.5 Å².